The second kappa shape index (κ2) is 19.0. The van der Waals surface area contributed by atoms with Crippen molar-refractivity contribution in [3.8, 4) is 33.8 Å². The van der Waals surface area contributed by atoms with Crippen LogP contribution in [0.1, 0.15) is 114 Å². The number of nitrogens with zero attached hydrogens (tertiary/aromatic N) is 5. The first-order valence-corrected chi connectivity index (χ1v) is 22.4. The zero-order valence-electron chi connectivity index (χ0n) is 38.1. The Balaban J connectivity index is 0.922. The van der Waals surface area contributed by atoms with Gasteiger partial charge in [0.15, 0.2) is 0 Å². The molecule has 3 N–H and O–H groups in total. The van der Waals surface area contributed by atoms with Gasteiger partial charge in [-0.15, -0.1) is 0 Å². The van der Waals surface area contributed by atoms with Crippen LogP contribution >= 0.6 is 0 Å². The van der Waals surface area contributed by atoms with E-state index in [-0.39, 0.29) is 17.9 Å². The van der Waals surface area contributed by atoms with E-state index < -0.39 is 41.5 Å². The molecule has 66 heavy (non-hydrogen) atoms. The number of H-pyrrole nitrogens is 1. The van der Waals surface area contributed by atoms with Crippen molar-refractivity contribution in [1.29, 1.82) is 0 Å². The van der Waals surface area contributed by atoms with E-state index in [1.54, 1.807) is 63.5 Å². The lowest BCUT2D eigenvalue weighted by atomic mass is 10.0. The van der Waals surface area contributed by atoms with Crippen molar-refractivity contribution in [2.24, 2.45) is 0 Å². The molecule has 0 aliphatic carbocycles. The van der Waals surface area contributed by atoms with Crippen LogP contribution in [0.15, 0.2) is 120 Å². The maximum Gasteiger partial charge on any atom is 0.408 e. The van der Waals surface area contributed by atoms with Gasteiger partial charge in [0.1, 0.15) is 35.2 Å². The molecule has 4 atom stereocenters. The number of carbonyl (C=O) groups excluding carboxylic acids is 4. The number of likely N-dealkylation sites (tertiary alicyclic amines) is 2. The van der Waals surface area contributed by atoms with Crippen LogP contribution in [0.3, 0.4) is 0 Å². The average molecular weight is 893 g/mol. The predicted octanol–water partition coefficient (Wildman–Crippen LogP) is 9.65. The monoisotopic (exact) mass is 892 g/mol. The minimum absolute atomic E-state index is 0.224. The molecule has 6 aromatic rings. The quantitative estimate of drug-likeness (QED) is 0.113. The molecule has 8 rings (SSSR count). The molecule has 0 saturated carbocycles. The van der Waals surface area contributed by atoms with E-state index in [9.17, 15) is 19.2 Å². The van der Waals surface area contributed by atoms with E-state index in [4.69, 9.17) is 24.0 Å². The maximum absolute atomic E-state index is 14.2. The highest BCUT2D eigenvalue weighted by Gasteiger charge is 2.40. The Kier molecular flexibility index (Phi) is 13.1. The Morgan fingerprint density at radius 1 is 0.621 bits per heavy atom. The number of amides is 4. The van der Waals surface area contributed by atoms with Crippen LogP contribution < -0.4 is 10.6 Å². The minimum Gasteiger partial charge on any atom is -0.444 e. The molecule has 4 heterocycles. The van der Waals surface area contributed by atoms with Crippen molar-refractivity contribution < 1.29 is 33.2 Å². The van der Waals surface area contributed by atoms with Crippen molar-refractivity contribution in [3.05, 3.63) is 138 Å². The lowest BCUT2D eigenvalue weighted by Gasteiger charge is -2.29. The van der Waals surface area contributed by atoms with Gasteiger partial charge in [-0.25, -0.2) is 14.6 Å². The molecule has 0 spiro atoms. The summed E-state index contributed by atoms with van der Waals surface area (Å²) in [5.74, 6) is 0.916. The van der Waals surface area contributed by atoms with Gasteiger partial charge in [-0.2, -0.15) is 4.98 Å². The Morgan fingerprint density at radius 3 is 1.58 bits per heavy atom. The SMILES string of the molecule is CC(C)(C)OC(=O)N[C@@H](C(=O)N1CCC[C@H]1c1nc(-c2ccc(-c3ccc(-c4noc([C@@H]5CCCN5C(=O)[C@H](NC(=O)OC(C)(C)C)c5ccccc5)n4)cc3)cc2)c[nH]1)c1ccccc1. The number of benzene rings is 4. The molecular formula is C51H56N8O7. The Labute approximate surface area is 384 Å². The number of aromatic nitrogens is 4. The molecule has 0 unspecified atom stereocenters. The van der Waals surface area contributed by atoms with Gasteiger partial charge in [0.2, 0.25) is 11.7 Å². The molecule has 15 heteroatoms. The molecule has 2 fully saturated rings. The Morgan fingerprint density at radius 2 is 1.08 bits per heavy atom. The van der Waals surface area contributed by atoms with Crippen LogP contribution in [-0.2, 0) is 19.1 Å². The van der Waals surface area contributed by atoms with Gasteiger partial charge in [-0.1, -0.05) is 114 Å². The summed E-state index contributed by atoms with van der Waals surface area (Å²) in [6.45, 7) is 11.7. The zero-order chi connectivity index (χ0) is 46.6. The van der Waals surface area contributed by atoms with Crippen LogP contribution in [0.2, 0.25) is 0 Å². The van der Waals surface area contributed by atoms with Crippen LogP contribution in [-0.4, -0.2) is 78.2 Å². The van der Waals surface area contributed by atoms with Crippen LogP contribution in [0, 0.1) is 0 Å². The van der Waals surface area contributed by atoms with Crippen molar-refractivity contribution in [2.45, 2.75) is 103 Å². The number of aromatic amines is 1. The average Bonchev–Trinajstić information content (AvgIpc) is 4.14. The summed E-state index contributed by atoms with van der Waals surface area (Å²) in [5, 5.41) is 9.88. The molecule has 4 amide bonds. The fourth-order valence-electron chi connectivity index (χ4n) is 8.44. The molecular weight excluding hydrogens is 837 g/mol. The molecule has 2 aliphatic rings. The lowest BCUT2D eigenvalue weighted by molar-refractivity contribution is -0.135. The molecule has 342 valence electrons. The van der Waals surface area contributed by atoms with E-state index in [0.29, 0.717) is 48.2 Å². The number of hydrogen-bond donors (Lipinski definition) is 3. The molecule has 2 aromatic heterocycles. The standard InChI is InChI=1S/C51H56N8O7/c1-50(2,3)64-48(62)54-41(35-15-9-7-10-16-35)46(60)58-29-13-19-39(58)44-52-31-38(53-44)34-25-21-32(22-26-34)33-23-27-37(28-24-33)43-56-45(66-57-43)40-20-14-30-59(40)47(61)42(36-17-11-8-12-18-36)55-49(63)65-51(4,5)6/h7-12,15-18,21-28,31,39-42H,13-14,19-20,29-30H2,1-6H3,(H,52,53)(H,54,62)(H,55,63)/t39-,40-,41+,42+/m0/s1. The third-order valence-electron chi connectivity index (χ3n) is 11.5. The van der Waals surface area contributed by atoms with E-state index in [0.717, 1.165) is 47.2 Å². The smallest absolute Gasteiger partial charge is 0.408 e. The van der Waals surface area contributed by atoms with E-state index in [2.05, 4.69) is 20.8 Å². The summed E-state index contributed by atoms with van der Waals surface area (Å²) in [7, 11) is 0. The summed E-state index contributed by atoms with van der Waals surface area (Å²) < 4.78 is 16.8. The van der Waals surface area contributed by atoms with Crippen LogP contribution in [0.4, 0.5) is 9.59 Å². The predicted molar refractivity (Wildman–Crippen MR) is 247 cm³/mol. The van der Waals surface area contributed by atoms with Crippen LogP contribution in [0.5, 0.6) is 0 Å². The lowest BCUT2D eigenvalue weighted by Crippen LogP contribution is -2.44. The Hall–Kier alpha value is -7.29. The van der Waals surface area contributed by atoms with Gasteiger partial charge < -0.3 is 39.4 Å². The summed E-state index contributed by atoms with van der Waals surface area (Å²) in [5.41, 5.74) is 4.28. The van der Waals surface area contributed by atoms with E-state index >= 15 is 0 Å². The molecule has 2 saturated heterocycles. The highest BCUT2D eigenvalue weighted by Crippen LogP contribution is 2.37. The van der Waals surface area contributed by atoms with Gasteiger partial charge in [0.05, 0.1) is 11.7 Å². The molecule has 15 nitrogen and oxygen atoms in total. The molecule has 0 radical (unpaired) electrons. The number of rotatable bonds is 11. The first-order chi connectivity index (χ1) is 31.6. The molecule has 2 aliphatic heterocycles. The highest BCUT2D eigenvalue weighted by atomic mass is 16.6. The summed E-state index contributed by atoms with van der Waals surface area (Å²) in [6, 6.07) is 31.7. The summed E-state index contributed by atoms with van der Waals surface area (Å²) >= 11 is 0. The van der Waals surface area contributed by atoms with Crippen molar-refractivity contribution >= 4 is 24.0 Å². The van der Waals surface area contributed by atoms with Gasteiger partial charge in [-0.05, 0) is 89.5 Å². The normalized spacial score (nSPS) is 17.2. The molecule has 0 bridgehead atoms. The summed E-state index contributed by atoms with van der Waals surface area (Å²) in [4.78, 5) is 70.5. The number of carbonyl (C=O) groups is 4. The number of hydrogen-bond acceptors (Lipinski definition) is 10. The zero-order valence-corrected chi connectivity index (χ0v) is 38.1. The van der Waals surface area contributed by atoms with Crippen molar-refractivity contribution in [3.63, 3.8) is 0 Å². The van der Waals surface area contributed by atoms with Crippen LogP contribution in [0.25, 0.3) is 33.8 Å². The number of imidazole rings is 1. The number of ether oxygens (including phenoxy) is 2. The highest BCUT2D eigenvalue weighted by molar-refractivity contribution is 5.88. The van der Waals surface area contributed by atoms with Crippen molar-refractivity contribution in [2.75, 3.05) is 13.1 Å². The first-order valence-electron chi connectivity index (χ1n) is 22.4. The van der Waals surface area contributed by atoms with Gasteiger partial charge in [-0.3, -0.25) is 9.59 Å². The maximum atomic E-state index is 14.2. The first kappa shape index (κ1) is 45.3. The van der Waals surface area contributed by atoms with Gasteiger partial charge in [0.25, 0.3) is 11.8 Å². The number of alkyl carbamates (subject to hydrolysis) is 2. The topological polar surface area (TPSA) is 185 Å². The van der Waals surface area contributed by atoms with Crippen molar-refractivity contribution in [1.82, 2.24) is 40.5 Å². The number of nitrogens with one attached hydrogen (secondary N) is 3. The third-order valence-corrected chi connectivity index (χ3v) is 11.5. The fraction of sp³-hybridized carbons (Fsp3) is 0.353. The Bertz CT molecular complexity index is 2450. The third kappa shape index (κ3) is 10.6. The minimum atomic E-state index is -0.960. The van der Waals surface area contributed by atoms with E-state index in [1.807, 2.05) is 103 Å². The van der Waals surface area contributed by atoms with E-state index in [1.165, 1.54) is 0 Å². The van der Waals surface area contributed by atoms with Gasteiger partial charge in [0, 0.05) is 30.4 Å². The summed E-state index contributed by atoms with van der Waals surface area (Å²) in [6.07, 6.45) is 3.43. The second-order valence-electron chi connectivity index (χ2n) is 18.6. The second-order valence-corrected chi connectivity index (χ2v) is 18.6. The van der Waals surface area contributed by atoms with Gasteiger partial charge >= 0.3 is 12.2 Å². The largest absolute Gasteiger partial charge is 0.444 e. The molecule has 4 aromatic carbocycles. The fourth-order valence-corrected chi connectivity index (χ4v) is 8.44.